The molecular weight excluding hydrogens is 568 g/mol. The van der Waals surface area contributed by atoms with Crippen molar-refractivity contribution in [3.8, 4) is 17.0 Å². The molecule has 0 aliphatic carbocycles. The van der Waals surface area contributed by atoms with Gasteiger partial charge in [0, 0.05) is 48.7 Å². The van der Waals surface area contributed by atoms with Crippen LogP contribution in [0.3, 0.4) is 0 Å². The van der Waals surface area contributed by atoms with Crippen LogP contribution in [0.15, 0.2) is 30.6 Å². The van der Waals surface area contributed by atoms with Gasteiger partial charge >= 0.3 is 0 Å². The van der Waals surface area contributed by atoms with Crippen LogP contribution >= 0.6 is 23.2 Å². The third-order valence-corrected chi connectivity index (χ3v) is 9.08. The minimum Gasteiger partial charge on any atom is -0.486 e. The van der Waals surface area contributed by atoms with Crippen LogP contribution in [0, 0.1) is 18.2 Å². The quantitative estimate of drug-likeness (QED) is 0.351. The molecule has 1 atom stereocenters. The SMILES string of the molecule is Cc1cc2[nH]nc(-c3cnc(N4CC5(C4)CN(S(C)(=O)=O)C5)c(F)c3)c2cc1OC(C)c1c(Cl)cnnc1Cl. The van der Waals surface area contributed by atoms with E-state index in [9.17, 15) is 8.42 Å². The van der Waals surface area contributed by atoms with Gasteiger partial charge in [0.1, 0.15) is 17.5 Å². The summed E-state index contributed by atoms with van der Waals surface area (Å²) in [6.45, 7) is 5.76. The Hall–Kier alpha value is -3.06. The topological polar surface area (TPSA) is 117 Å². The second kappa shape index (κ2) is 9.26. The zero-order valence-electron chi connectivity index (χ0n) is 21.2. The first kappa shape index (κ1) is 26.2. The zero-order valence-corrected chi connectivity index (χ0v) is 23.6. The number of sulfonamides is 1. The molecule has 204 valence electrons. The molecule has 1 N–H and O–H groups in total. The number of aromatic nitrogens is 5. The molecule has 3 aromatic heterocycles. The van der Waals surface area contributed by atoms with Gasteiger partial charge in [0.25, 0.3) is 0 Å². The Morgan fingerprint density at radius 2 is 1.90 bits per heavy atom. The van der Waals surface area contributed by atoms with E-state index < -0.39 is 21.9 Å². The van der Waals surface area contributed by atoms with E-state index in [0.717, 1.165) is 16.5 Å². The monoisotopic (exact) mass is 591 g/mol. The molecule has 2 saturated heterocycles. The molecule has 1 aromatic carbocycles. The van der Waals surface area contributed by atoms with Gasteiger partial charge in [-0.2, -0.15) is 10.2 Å². The number of ether oxygens (including phenoxy) is 1. The number of anilines is 1. The van der Waals surface area contributed by atoms with Crippen molar-refractivity contribution < 1.29 is 17.5 Å². The van der Waals surface area contributed by atoms with Crippen molar-refractivity contribution in [2.45, 2.75) is 20.0 Å². The van der Waals surface area contributed by atoms with Crippen molar-refractivity contribution in [1.29, 1.82) is 0 Å². The number of rotatable bonds is 6. The number of H-pyrrole nitrogens is 1. The summed E-state index contributed by atoms with van der Waals surface area (Å²) in [4.78, 5) is 6.23. The normalized spacial score (nSPS) is 17.7. The highest BCUT2D eigenvalue weighted by molar-refractivity contribution is 7.88. The van der Waals surface area contributed by atoms with Crippen molar-refractivity contribution >= 4 is 49.9 Å². The average Bonchev–Trinajstić information content (AvgIpc) is 3.20. The van der Waals surface area contributed by atoms with E-state index in [0.29, 0.717) is 53.8 Å². The van der Waals surface area contributed by atoms with Crippen molar-refractivity contribution in [2.75, 3.05) is 37.3 Å². The van der Waals surface area contributed by atoms with E-state index in [1.54, 1.807) is 6.20 Å². The number of nitrogens with zero attached hydrogens (tertiary/aromatic N) is 6. The van der Waals surface area contributed by atoms with Gasteiger partial charge in [-0.3, -0.25) is 5.10 Å². The van der Waals surface area contributed by atoms with Crippen molar-refractivity contribution in [2.24, 2.45) is 5.41 Å². The highest BCUT2D eigenvalue weighted by Crippen LogP contribution is 2.43. The molecular formula is C25H24Cl2FN7O3S. The Bertz CT molecular complexity index is 1700. The first-order valence-corrected chi connectivity index (χ1v) is 14.7. The van der Waals surface area contributed by atoms with Crippen LogP contribution in [0.2, 0.25) is 10.2 Å². The molecule has 2 aliphatic heterocycles. The molecule has 39 heavy (non-hydrogen) atoms. The summed E-state index contributed by atoms with van der Waals surface area (Å²) in [5.41, 5.74) is 3.07. The Morgan fingerprint density at radius 1 is 1.15 bits per heavy atom. The first-order chi connectivity index (χ1) is 18.4. The van der Waals surface area contributed by atoms with E-state index in [-0.39, 0.29) is 16.4 Å². The van der Waals surface area contributed by atoms with Gasteiger partial charge in [0.15, 0.2) is 16.8 Å². The number of aryl methyl sites for hydroxylation is 1. The summed E-state index contributed by atoms with van der Waals surface area (Å²) in [7, 11) is -3.19. The third kappa shape index (κ3) is 4.58. The Morgan fingerprint density at radius 3 is 2.56 bits per heavy atom. The van der Waals surface area contributed by atoms with Crippen LogP contribution in [0.5, 0.6) is 5.75 Å². The van der Waals surface area contributed by atoms with E-state index >= 15 is 4.39 Å². The lowest BCUT2D eigenvalue weighted by Crippen LogP contribution is -2.73. The van der Waals surface area contributed by atoms with Gasteiger partial charge in [0.05, 0.1) is 28.6 Å². The highest BCUT2D eigenvalue weighted by Gasteiger charge is 2.55. The molecule has 0 radical (unpaired) electrons. The number of hydrogen-bond donors (Lipinski definition) is 1. The molecule has 2 aliphatic rings. The van der Waals surface area contributed by atoms with Gasteiger partial charge in [-0.15, -0.1) is 5.10 Å². The predicted octanol–water partition coefficient (Wildman–Crippen LogP) is 4.39. The summed E-state index contributed by atoms with van der Waals surface area (Å²) in [6, 6.07) is 5.15. The smallest absolute Gasteiger partial charge is 0.211 e. The summed E-state index contributed by atoms with van der Waals surface area (Å²) in [5.74, 6) is 0.362. The molecule has 14 heteroatoms. The van der Waals surface area contributed by atoms with Crippen LogP contribution in [-0.4, -0.2) is 70.5 Å². The number of halogens is 3. The Balaban J connectivity index is 1.23. The number of pyridine rings is 1. The van der Waals surface area contributed by atoms with Gasteiger partial charge < -0.3 is 9.64 Å². The molecule has 0 saturated carbocycles. The lowest BCUT2D eigenvalue weighted by atomic mass is 9.74. The molecule has 4 aromatic rings. The van der Waals surface area contributed by atoms with Crippen LogP contribution in [-0.2, 0) is 10.0 Å². The summed E-state index contributed by atoms with van der Waals surface area (Å²) in [6.07, 6.45) is 3.70. The molecule has 0 amide bonds. The minimum atomic E-state index is -3.19. The number of hydrogen-bond acceptors (Lipinski definition) is 8. The fraction of sp³-hybridized carbons (Fsp3) is 0.360. The first-order valence-electron chi connectivity index (χ1n) is 12.1. The molecule has 1 unspecified atom stereocenters. The fourth-order valence-electron chi connectivity index (χ4n) is 5.31. The molecule has 0 bridgehead atoms. The largest absolute Gasteiger partial charge is 0.486 e. The van der Waals surface area contributed by atoms with E-state index in [4.69, 9.17) is 27.9 Å². The minimum absolute atomic E-state index is 0.125. The predicted molar refractivity (Wildman–Crippen MR) is 146 cm³/mol. The van der Waals surface area contributed by atoms with Gasteiger partial charge in [0.2, 0.25) is 10.0 Å². The summed E-state index contributed by atoms with van der Waals surface area (Å²) < 4.78 is 46.2. The molecule has 2 fully saturated rings. The van der Waals surface area contributed by atoms with Crippen molar-refractivity contribution in [1.82, 2.24) is 29.7 Å². The van der Waals surface area contributed by atoms with E-state index in [1.807, 2.05) is 30.9 Å². The third-order valence-electron chi connectivity index (χ3n) is 7.30. The lowest BCUT2D eigenvalue weighted by Gasteiger charge is -2.59. The van der Waals surface area contributed by atoms with Gasteiger partial charge in [-0.05, 0) is 37.6 Å². The maximum absolute atomic E-state index is 15.2. The van der Waals surface area contributed by atoms with E-state index in [2.05, 4.69) is 25.4 Å². The van der Waals surface area contributed by atoms with Gasteiger partial charge in [-0.25, -0.2) is 22.1 Å². The highest BCUT2D eigenvalue weighted by atomic mass is 35.5. The lowest BCUT2D eigenvalue weighted by molar-refractivity contribution is 0.0390. The number of fused-ring (bicyclic) bond motifs is 1. The fourth-order valence-corrected chi connectivity index (χ4v) is 6.96. The van der Waals surface area contributed by atoms with Crippen LogP contribution < -0.4 is 9.64 Å². The van der Waals surface area contributed by atoms with Crippen molar-refractivity contribution in [3.05, 3.63) is 57.7 Å². The standard InChI is InChI=1S/C25H24Cl2FN7O3S/c1-13-4-19-16(6-20(13)38-14(2)21-17(26)8-30-33-23(21)27)22(32-31-19)15-5-18(28)24(29-7-15)34-9-25(10-34)11-35(12-25)39(3,36)37/h4-8,14H,9-12H2,1-3H3,(H,31,32). The maximum atomic E-state index is 15.2. The Kier molecular flexibility index (Phi) is 6.21. The van der Waals surface area contributed by atoms with Gasteiger partial charge in [-0.1, -0.05) is 23.2 Å². The molecule has 5 heterocycles. The number of benzene rings is 1. The molecule has 6 rings (SSSR count). The second-order valence-electron chi connectivity index (χ2n) is 10.3. The summed E-state index contributed by atoms with van der Waals surface area (Å²) >= 11 is 12.5. The van der Waals surface area contributed by atoms with E-state index in [1.165, 1.54) is 22.8 Å². The van der Waals surface area contributed by atoms with Crippen LogP contribution in [0.1, 0.15) is 24.2 Å². The molecule has 1 spiro atoms. The number of aromatic amines is 1. The Labute approximate surface area is 234 Å². The summed E-state index contributed by atoms with van der Waals surface area (Å²) in [5, 5.41) is 16.3. The van der Waals surface area contributed by atoms with Crippen molar-refractivity contribution in [3.63, 3.8) is 0 Å². The number of nitrogens with one attached hydrogen (secondary N) is 1. The van der Waals surface area contributed by atoms with Crippen LogP contribution in [0.25, 0.3) is 22.2 Å². The maximum Gasteiger partial charge on any atom is 0.211 e. The second-order valence-corrected chi connectivity index (χ2v) is 13.1. The zero-order chi connectivity index (χ0) is 27.7. The van der Waals surface area contributed by atoms with Crippen LogP contribution in [0.4, 0.5) is 10.2 Å². The average molecular weight is 592 g/mol. The molecule has 10 nitrogen and oxygen atoms in total.